The smallest absolute Gasteiger partial charge is 0.304 e. The van der Waals surface area contributed by atoms with E-state index in [0.29, 0.717) is 0 Å². The second kappa shape index (κ2) is 9.25. The van der Waals surface area contributed by atoms with Crippen LogP contribution in [0.4, 0.5) is 0 Å². The Morgan fingerprint density at radius 3 is 2.57 bits per heavy atom. The molecule has 1 aliphatic rings. The van der Waals surface area contributed by atoms with E-state index in [1.165, 1.54) is 32.1 Å². The maximum atomic E-state index is 10.9. The van der Waals surface area contributed by atoms with Gasteiger partial charge in [-0.2, -0.15) is 0 Å². The molecule has 0 aromatic heterocycles. The molecule has 0 heterocycles. The Morgan fingerprint density at radius 2 is 1.96 bits per heavy atom. The zero-order valence-electron chi connectivity index (χ0n) is 13.9. The summed E-state index contributed by atoms with van der Waals surface area (Å²) in [6, 6.07) is 7.69. The predicted molar refractivity (Wildman–Crippen MR) is 91.6 cm³/mol. The van der Waals surface area contributed by atoms with E-state index in [0.717, 1.165) is 30.3 Å². The Morgan fingerprint density at radius 1 is 1.26 bits per heavy atom. The standard InChI is InChI=1S/C20H26O3/c1-2-6-18(15-20(21)22)17-9-11-19(12-10-17)23-14-13-16-7-4-3-5-8-16/h9-12,16,18H,3-5,7-8,13-15H2,1H3,(H,21,22)/t18-/m0/s1. The number of benzene rings is 1. The van der Waals surface area contributed by atoms with Crippen LogP contribution in [0, 0.1) is 17.8 Å². The summed E-state index contributed by atoms with van der Waals surface area (Å²) in [6.45, 7) is 2.49. The molecule has 1 aromatic rings. The third-order valence-corrected chi connectivity index (χ3v) is 4.50. The quantitative estimate of drug-likeness (QED) is 0.747. The van der Waals surface area contributed by atoms with E-state index < -0.39 is 5.97 Å². The summed E-state index contributed by atoms with van der Waals surface area (Å²) in [4.78, 5) is 10.9. The molecule has 0 unspecified atom stereocenters. The molecule has 23 heavy (non-hydrogen) atoms. The minimum Gasteiger partial charge on any atom is -0.494 e. The van der Waals surface area contributed by atoms with Crippen LogP contribution >= 0.6 is 0 Å². The SMILES string of the molecule is CC#C[C@@H](CC(=O)O)c1ccc(OCCC2CCCCC2)cc1. The van der Waals surface area contributed by atoms with E-state index in [2.05, 4.69) is 11.8 Å². The first-order valence-electron chi connectivity index (χ1n) is 8.56. The number of carboxylic acid groups (broad SMARTS) is 1. The highest BCUT2D eigenvalue weighted by Gasteiger charge is 2.14. The van der Waals surface area contributed by atoms with E-state index >= 15 is 0 Å². The first kappa shape index (κ1) is 17.4. The van der Waals surface area contributed by atoms with Gasteiger partial charge in [0, 0.05) is 0 Å². The molecule has 0 bridgehead atoms. The van der Waals surface area contributed by atoms with Crippen molar-refractivity contribution in [3.05, 3.63) is 29.8 Å². The molecule has 1 aliphatic carbocycles. The lowest BCUT2D eigenvalue weighted by atomic mass is 9.87. The Bertz CT molecular complexity index is 544. The van der Waals surface area contributed by atoms with Crippen molar-refractivity contribution in [3.63, 3.8) is 0 Å². The Balaban J connectivity index is 1.84. The highest BCUT2D eigenvalue weighted by Crippen LogP contribution is 2.27. The monoisotopic (exact) mass is 314 g/mol. The van der Waals surface area contributed by atoms with Crippen molar-refractivity contribution in [2.75, 3.05) is 6.61 Å². The van der Waals surface area contributed by atoms with Crippen LogP contribution < -0.4 is 4.74 Å². The second-order valence-corrected chi connectivity index (χ2v) is 6.25. The van der Waals surface area contributed by atoms with Crippen molar-refractivity contribution in [2.45, 2.75) is 57.8 Å². The first-order chi connectivity index (χ1) is 11.2. The largest absolute Gasteiger partial charge is 0.494 e. The third-order valence-electron chi connectivity index (χ3n) is 4.50. The van der Waals surface area contributed by atoms with Crippen LogP contribution in [0.1, 0.15) is 63.4 Å². The zero-order chi connectivity index (χ0) is 16.5. The summed E-state index contributed by atoms with van der Waals surface area (Å²) in [5, 5.41) is 8.97. The molecule has 2 rings (SSSR count). The fourth-order valence-electron chi connectivity index (χ4n) is 3.22. The highest BCUT2D eigenvalue weighted by atomic mass is 16.5. The van der Waals surface area contributed by atoms with E-state index in [1.807, 2.05) is 24.3 Å². The Kier molecular flexibility index (Phi) is 7.00. The van der Waals surface area contributed by atoms with Gasteiger partial charge in [-0.15, -0.1) is 5.92 Å². The van der Waals surface area contributed by atoms with Crippen molar-refractivity contribution >= 4 is 5.97 Å². The van der Waals surface area contributed by atoms with Crippen LogP contribution in [0.2, 0.25) is 0 Å². The molecule has 1 saturated carbocycles. The van der Waals surface area contributed by atoms with Crippen LogP contribution in [-0.2, 0) is 4.79 Å². The zero-order valence-corrected chi connectivity index (χ0v) is 13.9. The van der Waals surface area contributed by atoms with Gasteiger partial charge in [-0.05, 0) is 37.0 Å². The lowest BCUT2D eigenvalue weighted by Gasteiger charge is -2.21. The molecular weight excluding hydrogens is 288 g/mol. The fraction of sp³-hybridized carbons (Fsp3) is 0.550. The van der Waals surface area contributed by atoms with Crippen molar-refractivity contribution in [1.29, 1.82) is 0 Å². The van der Waals surface area contributed by atoms with Gasteiger partial charge in [0.1, 0.15) is 5.75 Å². The number of aliphatic carboxylic acids is 1. The summed E-state index contributed by atoms with van der Waals surface area (Å²) < 4.78 is 5.83. The maximum absolute atomic E-state index is 10.9. The van der Waals surface area contributed by atoms with Gasteiger partial charge in [0.15, 0.2) is 0 Å². The van der Waals surface area contributed by atoms with Crippen LogP contribution in [0.15, 0.2) is 24.3 Å². The fourth-order valence-corrected chi connectivity index (χ4v) is 3.22. The highest BCUT2D eigenvalue weighted by molar-refractivity contribution is 5.69. The molecule has 0 radical (unpaired) electrons. The third kappa shape index (κ3) is 5.98. The van der Waals surface area contributed by atoms with E-state index in [9.17, 15) is 4.79 Å². The average molecular weight is 314 g/mol. The normalized spacial score (nSPS) is 16.2. The lowest BCUT2D eigenvalue weighted by Crippen LogP contribution is -2.10. The van der Waals surface area contributed by atoms with Crippen LogP contribution in [-0.4, -0.2) is 17.7 Å². The Hall–Kier alpha value is -1.95. The van der Waals surface area contributed by atoms with Gasteiger partial charge >= 0.3 is 5.97 Å². The molecular formula is C20H26O3. The number of hydrogen-bond acceptors (Lipinski definition) is 2. The molecule has 0 saturated heterocycles. The van der Waals surface area contributed by atoms with Crippen LogP contribution in [0.25, 0.3) is 0 Å². The summed E-state index contributed by atoms with van der Waals surface area (Å²) >= 11 is 0. The number of carbonyl (C=O) groups is 1. The minimum absolute atomic E-state index is 0.0305. The molecule has 1 atom stereocenters. The van der Waals surface area contributed by atoms with Gasteiger partial charge in [0.05, 0.1) is 18.9 Å². The van der Waals surface area contributed by atoms with Crippen LogP contribution in [0.3, 0.4) is 0 Å². The summed E-state index contributed by atoms with van der Waals surface area (Å²) in [7, 11) is 0. The van der Waals surface area contributed by atoms with Gasteiger partial charge in [0.2, 0.25) is 0 Å². The summed E-state index contributed by atoms with van der Waals surface area (Å²) in [5.74, 6) is 6.36. The molecule has 124 valence electrons. The van der Waals surface area contributed by atoms with Crippen molar-refractivity contribution in [1.82, 2.24) is 0 Å². The van der Waals surface area contributed by atoms with Gasteiger partial charge in [-0.25, -0.2) is 0 Å². The summed E-state index contributed by atoms with van der Waals surface area (Å²) in [5.41, 5.74) is 0.932. The molecule has 0 amide bonds. The molecule has 1 aromatic carbocycles. The molecule has 0 aliphatic heterocycles. The van der Waals surface area contributed by atoms with Crippen molar-refractivity contribution in [2.24, 2.45) is 5.92 Å². The molecule has 1 N–H and O–H groups in total. The van der Waals surface area contributed by atoms with E-state index in [4.69, 9.17) is 9.84 Å². The molecule has 3 heteroatoms. The van der Waals surface area contributed by atoms with Crippen LogP contribution in [0.5, 0.6) is 5.75 Å². The topological polar surface area (TPSA) is 46.5 Å². The number of rotatable bonds is 7. The van der Waals surface area contributed by atoms with E-state index in [1.54, 1.807) is 6.92 Å². The number of ether oxygens (including phenoxy) is 1. The predicted octanol–water partition coefficient (Wildman–Crippen LogP) is 4.62. The average Bonchev–Trinajstić information content (AvgIpc) is 2.56. The van der Waals surface area contributed by atoms with Gasteiger partial charge in [-0.1, -0.05) is 50.2 Å². The number of carboxylic acids is 1. The van der Waals surface area contributed by atoms with Gasteiger partial charge < -0.3 is 9.84 Å². The minimum atomic E-state index is -0.828. The molecule has 1 fully saturated rings. The molecule has 0 spiro atoms. The maximum Gasteiger partial charge on any atom is 0.304 e. The second-order valence-electron chi connectivity index (χ2n) is 6.25. The van der Waals surface area contributed by atoms with Crippen molar-refractivity contribution in [3.8, 4) is 17.6 Å². The van der Waals surface area contributed by atoms with Gasteiger partial charge in [-0.3, -0.25) is 4.79 Å². The van der Waals surface area contributed by atoms with E-state index in [-0.39, 0.29) is 12.3 Å². The molecule has 3 nitrogen and oxygen atoms in total. The van der Waals surface area contributed by atoms with Gasteiger partial charge in [0.25, 0.3) is 0 Å². The van der Waals surface area contributed by atoms with Crippen molar-refractivity contribution < 1.29 is 14.6 Å². The Labute approximate surface area is 139 Å². The number of hydrogen-bond donors (Lipinski definition) is 1. The summed E-state index contributed by atoms with van der Waals surface area (Å²) in [6.07, 6.45) is 7.96. The first-order valence-corrected chi connectivity index (χ1v) is 8.56. The lowest BCUT2D eigenvalue weighted by molar-refractivity contribution is -0.137.